The molecule has 220 valence electrons. The number of carbonyl (C=O) groups excluding carboxylic acids is 1. The minimum Gasteiger partial charge on any atom is -0.489 e. The fourth-order valence-corrected chi connectivity index (χ4v) is 6.05. The van der Waals surface area contributed by atoms with Crippen LogP contribution in [-0.4, -0.2) is 35.5 Å². The lowest BCUT2D eigenvalue weighted by molar-refractivity contribution is -0.122. The molecule has 1 unspecified atom stereocenters. The second-order valence-corrected chi connectivity index (χ2v) is 11.8. The number of nitriles is 1. The van der Waals surface area contributed by atoms with Crippen molar-refractivity contribution in [2.75, 3.05) is 13.1 Å². The van der Waals surface area contributed by atoms with E-state index in [1.54, 1.807) is 6.07 Å². The molecule has 0 radical (unpaired) electrons. The first-order valence-corrected chi connectivity index (χ1v) is 14.9. The number of primary amides is 1. The van der Waals surface area contributed by atoms with Gasteiger partial charge in [-0.1, -0.05) is 91.0 Å². The molecule has 0 aliphatic carbocycles. The molecule has 5 rings (SSSR count). The quantitative estimate of drug-likeness (QED) is 0.206. The van der Waals surface area contributed by atoms with Crippen molar-refractivity contribution >= 4 is 5.91 Å². The van der Waals surface area contributed by atoms with Gasteiger partial charge < -0.3 is 15.2 Å². The van der Waals surface area contributed by atoms with Gasteiger partial charge in [0, 0.05) is 24.7 Å². The van der Waals surface area contributed by atoms with Gasteiger partial charge in [0.2, 0.25) is 5.91 Å². The maximum Gasteiger partial charge on any atom is 0.232 e. The third kappa shape index (κ3) is 6.74. The minimum atomic E-state index is -0.923. The second-order valence-electron chi connectivity index (χ2n) is 11.8. The van der Waals surface area contributed by atoms with Crippen LogP contribution in [0.2, 0.25) is 0 Å². The van der Waals surface area contributed by atoms with Crippen LogP contribution in [-0.2, 0) is 16.8 Å². The van der Waals surface area contributed by atoms with Crippen molar-refractivity contribution in [2.45, 2.75) is 56.8 Å². The van der Waals surface area contributed by atoms with E-state index in [9.17, 15) is 10.1 Å². The number of amides is 1. The molecule has 6 nitrogen and oxygen atoms in total. The smallest absolute Gasteiger partial charge is 0.232 e. The van der Waals surface area contributed by atoms with E-state index in [0.29, 0.717) is 30.1 Å². The summed E-state index contributed by atoms with van der Waals surface area (Å²) in [6.07, 6.45) is 2.23. The van der Waals surface area contributed by atoms with Gasteiger partial charge in [-0.3, -0.25) is 9.69 Å². The SMILES string of the molecule is CC(C)(CCC(C(N)=O)(c1ccccc1)c1ccccc1)N1CCC(Oc2ccc(C#N)c(OCc3ccccc3)c2)C1. The molecular weight excluding hydrogens is 534 g/mol. The van der Waals surface area contributed by atoms with Gasteiger partial charge in [0.1, 0.15) is 30.3 Å². The van der Waals surface area contributed by atoms with Crippen LogP contribution >= 0.6 is 0 Å². The van der Waals surface area contributed by atoms with E-state index in [-0.39, 0.29) is 17.6 Å². The van der Waals surface area contributed by atoms with Gasteiger partial charge in [0.25, 0.3) is 0 Å². The maximum absolute atomic E-state index is 13.3. The average molecular weight is 574 g/mol. The largest absolute Gasteiger partial charge is 0.489 e. The highest BCUT2D eigenvalue weighted by atomic mass is 16.5. The molecule has 0 aromatic heterocycles. The first-order valence-electron chi connectivity index (χ1n) is 14.9. The molecule has 1 fully saturated rings. The summed E-state index contributed by atoms with van der Waals surface area (Å²) in [7, 11) is 0. The van der Waals surface area contributed by atoms with Crippen molar-refractivity contribution < 1.29 is 14.3 Å². The van der Waals surface area contributed by atoms with Crippen LogP contribution in [0.1, 0.15) is 55.4 Å². The van der Waals surface area contributed by atoms with E-state index >= 15 is 0 Å². The number of likely N-dealkylation sites (tertiary alicyclic amines) is 1. The lowest BCUT2D eigenvalue weighted by atomic mass is 9.69. The normalized spacial score (nSPS) is 15.5. The summed E-state index contributed by atoms with van der Waals surface area (Å²) in [5.41, 5.74) is 8.43. The Morgan fingerprint density at radius 3 is 2.09 bits per heavy atom. The molecule has 1 atom stereocenters. The van der Waals surface area contributed by atoms with Gasteiger partial charge in [-0.2, -0.15) is 5.26 Å². The Morgan fingerprint density at radius 2 is 1.51 bits per heavy atom. The van der Waals surface area contributed by atoms with E-state index in [1.807, 2.05) is 103 Å². The molecule has 1 amide bonds. The summed E-state index contributed by atoms with van der Waals surface area (Å²) >= 11 is 0. The molecule has 4 aromatic rings. The number of nitrogens with zero attached hydrogens (tertiary/aromatic N) is 2. The Kier molecular flexibility index (Phi) is 9.13. The predicted octanol–water partition coefficient (Wildman–Crippen LogP) is 6.62. The van der Waals surface area contributed by atoms with Gasteiger partial charge in [0.15, 0.2) is 0 Å². The van der Waals surface area contributed by atoms with Gasteiger partial charge in [0.05, 0.1) is 11.0 Å². The lowest BCUT2D eigenvalue weighted by Crippen LogP contribution is -2.47. The topological polar surface area (TPSA) is 88.6 Å². The van der Waals surface area contributed by atoms with Crippen LogP contribution in [0.4, 0.5) is 0 Å². The summed E-state index contributed by atoms with van der Waals surface area (Å²) in [6.45, 7) is 6.48. The predicted molar refractivity (Wildman–Crippen MR) is 169 cm³/mol. The molecule has 4 aromatic carbocycles. The fraction of sp³-hybridized carbons (Fsp3) is 0.297. The van der Waals surface area contributed by atoms with Crippen molar-refractivity contribution in [1.29, 1.82) is 5.26 Å². The van der Waals surface area contributed by atoms with Gasteiger partial charge in [-0.05, 0) is 61.9 Å². The highest BCUT2D eigenvalue weighted by Gasteiger charge is 2.43. The monoisotopic (exact) mass is 573 g/mol. The summed E-state index contributed by atoms with van der Waals surface area (Å²) in [6, 6.07) is 37.3. The van der Waals surface area contributed by atoms with Crippen LogP contribution < -0.4 is 15.2 Å². The maximum atomic E-state index is 13.3. The van der Waals surface area contributed by atoms with Crippen LogP contribution in [0.25, 0.3) is 0 Å². The Balaban J connectivity index is 1.27. The van der Waals surface area contributed by atoms with E-state index in [1.165, 1.54) is 0 Å². The van der Waals surface area contributed by atoms with Crippen LogP contribution in [0.15, 0.2) is 109 Å². The fourth-order valence-electron chi connectivity index (χ4n) is 6.05. The van der Waals surface area contributed by atoms with Gasteiger partial charge in [-0.25, -0.2) is 0 Å². The molecule has 0 bridgehead atoms. The first-order chi connectivity index (χ1) is 20.8. The number of nitrogens with two attached hydrogens (primary N) is 1. The number of rotatable bonds is 12. The van der Waals surface area contributed by atoms with E-state index in [4.69, 9.17) is 15.2 Å². The number of ether oxygens (including phenoxy) is 2. The molecule has 0 spiro atoms. The first kappa shape index (κ1) is 29.9. The van der Waals surface area contributed by atoms with Gasteiger partial charge in [-0.15, -0.1) is 0 Å². The molecule has 1 saturated heterocycles. The molecule has 0 saturated carbocycles. The summed E-state index contributed by atoms with van der Waals surface area (Å²) < 4.78 is 12.4. The molecule has 2 N–H and O–H groups in total. The average Bonchev–Trinajstić information content (AvgIpc) is 3.51. The number of hydrogen-bond donors (Lipinski definition) is 1. The number of benzene rings is 4. The molecule has 1 heterocycles. The van der Waals surface area contributed by atoms with Crippen LogP contribution in [0.3, 0.4) is 0 Å². The van der Waals surface area contributed by atoms with E-state index in [0.717, 1.165) is 42.6 Å². The number of hydrogen-bond acceptors (Lipinski definition) is 5. The van der Waals surface area contributed by atoms with Crippen molar-refractivity contribution in [2.24, 2.45) is 5.73 Å². The van der Waals surface area contributed by atoms with Crippen LogP contribution in [0.5, 0.6) is 11.5 Å². The second kappa shape index (κ2) is 13.1. The van der Waals surface area contributed by atoms with E-state index < -0.39 is 5.41 Å². The summed E-state index contributed by atoms with van der Waals surface area (Å²) in [5.74, 6) is 0.866. The summed E-state index contributed by atoms with van der Waals surface area (Å²) in [5, 5.41) is 9.60. The van der Waals surface area contributed by atoms with Gasteiger partial charge >= 0.3 is 0 Å². The third-order valence-corrected chi connectivity index (χ3v) is 8.68. The standard InChI is InChI=1S/C37H39N3O3/c1-36(2,21-22-37(35(39)41,30-14-8-4-9-15-30)31-16-10-5-11-17-31)40-23-20-33(26-40)43-32-19-18-29(25-38)34(24-32)42-27-28-12-6-3-7-13-28/h3-19,24,33H,20-23,26-27H2,1-2H3,(H2,39,41). The minimum absolute atomic E-state index is 0.00155. The van der Waals surface area contributed by atoms with Crippen LogP contribution in [0, 0.1) is 11.3 Å². The van der Waals surface area contributed by atoms with Crippen molar-refractivity contribution in [3.05, 3.63) is 131 Å². The molecule has 1 aliphatic rings. The summed E-state index contributed by atoms with van der Waals surface area (Å²) in [4.78, 5) is 15.7. The zero-order valence-corrected chi connectivity index (χ0v) is 24.9. The Hall–Kier alpha value is -4.60. The van der Waals surface area contributed by atoms with E-state index in [2.05, 4.69) is 24.8 Å². The molecule has 43 heavy (non-hydrogen) atoms. The molecular formula is C37H39N3O3. The van der Waals surface area contributed by atoms with Crippen molar-refractivity contribution in [3.63, 3.8) is 0 Å². The zero-order chi connectivity index (χ0) is 30.3. The Labute approximate surface area is 254 Å². The Bertz CT molecular complexity index is 1510. The third-order valence-electron chi connectivity index (χ3n) is 8.68. The van der Waals surface area contributed by atoms with Crippen molar-refractivity contribution in [3.8, 4) is 17.6 Å². The molecule has 6 heteroatoms. The van der Waals surface area contributed by atoms with Crippen molar-refractivity contribution in [1.82, 2.24) is 4.90 Å². The Morgan fingerprint density at radius 1 is 0.907 bits per heavy atom. The molecule has 1 aliphatic heterocycles. The lowest BCUT2D eigenvalue weighted by Gasteiger charge is -2.40. The zero-order valence-electron chi connectivity index (χ0n) is 24.9. The highest BCUT2D eigenvalue weighted by molar-refractivity contribution is 5.90. The number of carbonyl (C=O) groups is 1. The highest BCUT2D eigenvalue weighted by Crippen LogP contribution is 2.40.